The van der Waals surface area contributed by atoms with E-state index in [9.17, 15) is 0 Å². The number of pyridine rings is 2. The molecular formula is C23H25N5S. The monoisotopic (exact) mass is 403 g/mol. The Balaban J connectivity index is 1.50. The fraction of sp³-hybridized carbons (Fsp3) is 0.348. The van der Waals surface area contributed by atoms with Crippen LogP contribution in [0.5, 0.6) is 0 Å². The molecule has 3 aromatic rings. The van der Waals surface area contributed by atoms with Crippen LogP contribution >= 0.6 is 12.2 Å². The molecule has 2 fully saturated rings. The Kier molecular flexibility index (Phi) is 5.02. The molecule has 1 aliphatic heterocycles. The Morgan fingerprint density at radius 3 is 2.72 bits per heavy atom. The van der Waals surface area contributed by atoms with E-state index in [4.69, 9.17) is 12.2 Å². The molecule has 0 amide bonds. The number of hydrogen-bond acceptors (Lipinski definition) is 3. The Hall–Kier alpha value is -2.73. The first-order valence-corrected chi connectivity index (χ1v) is 10.7. The highest BCUT2D eigenvalue weighted by Gasteiger charge is 2.40. The molecule has 148 valence electrons. The fourth-order valence-corrected chi connectivity index (χ4v) is 4.97. The van der Waals surface area contributed by atoms with E-state index in [0.717, 1.165) is 22.9 Å². The lowest BCUT2D eigenvalue weighted by atomic mass is 9.99. The van der Waals surface area contributed by atoms with Gasteiger partial charge in [0.25, 0.3) is 0 Å². The van der Waals surface area contributed by atoms with E-state index in [0.29, 0.717) is 6.04 Å². The Labute approximate surface area is 176 Å². The van der Waals surface area contributed by atoms with Crippen molar-refractivity contribution in [2.45, 2.75) is 50.4 Å². The zero-order valence-corrected chi connectivity index (χ0v) is 17.1. The highest BCUT2D eigenvalue weighted by molar-refractivity contribution is 7.80. The quantitative estimate of drug-likeness (QED) is 0.633. The molecule has 1 aliphatic carbocycles. The summed E-state index contributed by atoms with van der Waals surface area (Å²) in [6.07, 6.45) is 15.3. The van der Waals surface area contributed by atoms with Crippen LogP contribution < -0.4 is 5.32 Å². The van der Waals surface area contributed by atoms with Gasteiger partial charge in [-0.05, 0) is 60.5 Å². The Morgan fingerprint density at radius 1 is 1.07 bits per heavy atom. The Bertz CT molecular complexity index is 965. The number of hydrogen-bond donors (Lipinski definition) is 1. The first-order chi connectivity index (χ1) is 14.3. The van der Waals surface area contributed by atoms with Gasteiger partial charge in [0.05, 0.1) is 17.8 Å². The smallest absolute Gasteiger partial charge is 0.170 e. The molecule has 0 bridgehead atoms. The fourth-order valence-electron chi connectivity index (χ4n) is 4.66. The van der Waals surface area contributed by atoms with E-state index in [1.807, 2.05) is 30.6 Å². The zero-order chi connectivity index (χ0) is 19.6. The number of nitrogens with zero attached hydrogens (tertiary/aromatic N) is 4. The van der Waals surface area contributed by atoms with Crippen molar-refractivity contribution in [2.75, 3.05) is 0 Å². The van der Waals surface area contributed by atoms with Crippen LogP contribution in [0.4, 0.5) is 0 Å². The van der Waals surface area contributed by atoms with E-state index in [2.05, 4.69) is 55.3 Å². The van der Waals surface area contributed by atoms with Crippen LogP contribution in [0.3, 0.4) is 0 Å². The number of thiocarbonyl (C=S) groups is 1. The SMILES string of the molecule is S=C1N[C@H](c2ccccn2)[C@H](c2ccn(C3CCCC3)c2)N1Cc1cccnc1. The maximum Gasteiger partial charge on any atom is 0.170 e. The minimum absolute atomic E-state index is 0.0276. The van der Waals surface area contributed by atoms with Crippen molar-refractivity contribution in [3.63, 3.8) is 0 Å². The number of aromatic nitrogens is 3. The van der Waals surface area contributed by atoms with Gasteiger partial charge in [0, 0.05) is 43.6 Å². The van der Waals surface area contributed by atoms with Gasteiger partial charge in [-0.1, -0.05) is 25.0 Å². The summed E-state index contributed by atoms with van der Waals surface area (Å²) < 4.78 is 2.40. The van der Waals surface area contributed by atoms with Crippen molar-refractivity contribution in [2.24, 2.45) is 0 Å². The maximum absolute atomic E-state index is 5.77. The van der Waals surface area contributed by atoms with Crippen LogP contribution in [0.25, 0.3) is 0 Å². The predicted octanol–water partition coefficient (Wildman–Crippen LogP) is 4.57. The van der Waals surface area contributed by atoms with E-state index >= 15 is 0 Å². The van der Waals surface area contributed by atoms with Crippen molar-refractivity contribution in [1.82, 2.24) is 24.8 Å². The van der Waals surface area contributed by atoms with Crippen LogP contribution in [-0.2, 0) is 6.54 Å². The van der Waals surface area contributed by atoms with Gasteiger partial charge in [0.1, 0.15) is 0 Å². The van der Waals surface area contributed by atoms with Crippen LogP contribution in [0.1, 0.15) is 60.6 Å². The molecule has 1 saturated heterocycles. The molecule has 6 heteroatoms. The molecule has 0 aromatic carbocycles. The maximum atomic E-state index is 5.77. The summed E-state index contributed by atoms with van der Waals surface area (Å²) in [4.78, 5) is 11.2. The minimum Gasteiger partial charge on any atom is -0.352 e. The second-order valence-corrected chi connectivity index (χ2v) is 8.33. The zero-order valence-electron chi connectivity index (χ0n) is 16.3. The lowest BCUT2D eigenvalue weighted by Gasteiger charge is -2.27. The third kappa shape index (κ3) is 3.65. The molecule has 3 aromatic heterocycles. The third-order valence-corrected chi connectivity index (χ3v) is 6.45. The molecule has 1 N–H and O–H groups in total. The molecule has 5 nitrogen and oxygen atoms in total. The topological polar surface area (TPSA) is 46.0 Å². The molecule has 0 spiro atoms. The van der Waals surface area contributed by atoms with E-state index in [1.54, 1.807) is 6.20 Å². The lowest BCUT2D eigenvalue weighted by molar-refractivity contribution is 0.310. The molecule has 5 rings (SSSR count). The van der Waals surface area contributed by atoms with Gasteiger partial charge in [-0.25, -0.2) is 0 Å². The molecule has 0 unspecified atom stereocenters. The van der Waals surface area contributed by atoms with Crippen molar-refractivity contribution >= 4 is 17.3 Å². The standard InChI is InChI=1S/C23H25N5S/c29-23-26-21(20-9-3-4-12-25-20)22(28(23)15-17-6-5-11-24-14-17)18-10-13-27(16-18)19-7-1-2-8-19/h3-6,9-14,16,19,21-22H,1-2,7-8,15H2,(H,26,29)/t21-,22+/m1/s1. The average molecular weight is 404 g/mol. The first kappa shape index (κ1) is 18.3. The number of nitrogens with one attached hydrogen (secondary N) is 1. The second-order valence-electron chi connectivity index (χ2n) is 7.95. The average Bonchev–Trinajstić information content (AvgIpc) is 3.50. The molecule has 2 aliphatic rings. The molecule has 4 heterocycles. The van der Waals surface area contributed by atoms with Gasteiger partial charge in [-0.3, -0.25) is 9.97 Å². The van der Waals surface area contributed by atoms with Gasteiger partial charge in [0.2, 0.25) is 0 Å². The van der Waals surface area contributed by atoms with Crippen LogP contribution in [0, 0.1) is 0 Å². The van der Waals surface area contributed by atoms with Gasteiger partial charge in [-0.15, -0.1) is 0 Å². The summed E-state index contributed by atoms with van der Waals surface area (Å²) in [5.41, 5.74) is 3.45. The molecule has 29 heavy (non-hydrogen) atoms. The first-order valence-electron chi connectivity index (χ1n) is 10.3. The summed E-state index contributed by atoms with van der Waals surface area (Å²) >= 11 is 5.77. The van der Waals surface area contributed by atoms with Gasteiger partial charge < -0.3 is 14.8 Å². The van der Waals surface area contributed by atoms with Gasteiger partial charge in [0.15, 0.2) is 5.11 Å². The minimum atomic E-state index is 0.0276. The summed E-state index contributed by atoms with van der Waals surface area (Å²) in [5, 5.41) is 4.30. The van der Waals surface area contributed by atoms with Crippen molar-refractivity contribution in [1.29, 1.82) is 0 Å². The van der Waals surface area contributed by atoms with Gasteiger partial charge in [-0.2, -0.15) is 0 Å². The van der Waals surface area contributed by atoms with Crippen LogP contribution in [0.2, 0.25) is 0 Å². The van der Waals surface area contributed by atoms with Crippen molar-refractivity contribution in [3.05, 3.63) is 84.2 Å². The van der Waals surface area contributed by atoms with E-state index < -0.39 is 0 Å². The third-order valence-electron chi connectivity index (χ3n) is 6.10. The molecule has 1 saturated carbocycles. The molecule has 2 atom stereocenters. The number of rotatable bonds is 5. The predicted molar refractivity (Wildman–Crippen MR) is 117 cm³/mol. The highest BCUT2D eigenvalue weighted by atomic mass is 32.1. The summed E-state index contributed by atoms with van der Waals surface area (Å²) in [5.74, 6) is 0. The summed E-state index contributed by atoms with van der Waals surface area (Å²) in [6, 6.07) is 13.2. The van der Waals surface area contributed by atoms with Crippen molar-refractivity contribution in [3.8, 4) is 0 Å². The second kappa shape index (κ2) is 7.95. The van der Waals surface area contributed by atoms with Gasteiger partial charge >= 0.3 is 0 Å². The lowest BCUT2D eigenvalue weighted by Crippen LogP contribution is -2.29. The van der Waals surface area contributed by atoms with Crippen LogP contribution in [-0.4, -0.2) is 24.5 Å². The molecular weight excluding hydrogens is 378 g/mol. The van der Waals surface area contributed by atoms with E-state index in [1.165, 1.54) is 31.2 Å². The highest BCUT2D eigenvalue weighted by Crippen LogP contribution is 2.40. The summed E-state index contributed by atoms with van der Waals surface area (Å²) in [7, 11) is 0. The largest absolute Gasteiger partial charge is 0.352 e. The summed E-state index contributed by atoms with van der Waals surface area (Å²) in [6.45, 7) is 0.724. The Morgan fingerprint density at radius 2 is 1.97 bits per heavy atom. The normalized spacial score (nSPS) is 22.2. The van der Waals surface area contributed by atoms with Crippen molar-refractivity contribution < 1.29 is 0 Å². The van der Waals surface area contributed by atoms with Crippen LogP contribution in [0.15, 0.2) is 67.4 Å². The molecule has 0 radical (unpaired) electrons. The van der Waals surface area contributed by atoms with E-state index in [-0.39, 0.29) is 12.1 Å².